The molecule has 0 aromatic heterocycles. The fourth-order valence-electron chi connectivity index (χ4n) is 1.13. The summed E-state index contributed by atoms with van der Waals surface area (Å²) in [6.45, 7) is 0.467. The number of esters is 1. The van der Waals surface area contributed by atoms with Crippen LogP contribution in [0, 0.1) is 0 Å². The van der Waals surface area contributed by atoms with Crippen LogP contribution < -0.4 is 10.6 Å². The third-order valence-electron chi connectivity index (χ3n) is 2.10. The van der Waals surface area contributed by atoms with Gasteiger partial charge in [0.2, 0.25) is 5.91 Å². The maximum Gasteiger partial charge on any atom is 0.326 e. The SMILES string of the molecule is CNCCC(=O)NC(CCC(=O)OC)C(=O)O. The van der Waals surface area contributed by atoms with Crippen molar-refractivity contribution in [3.05, 3.63) is 0 Å². The second-order valence-corrected chi connectivity index (χ2v) is 3.43. The molecule has 0 aliphatic heterocycles. The van der Waals surface area contributed by atoms with Crippen molar-refractivity contribution in [2.45, 2.75) is 25.3 Å². The number of carboxylic acid groups (broad SMARTS) is 1. The van der Waals surface area contributed by atoms with Crippen LogP contribution in [0.1, 0.15) is 19.3 Å². The van der Waals surface area contributed by atoms with E-state index in [4.69, 9.17) is 5.11 Å². The number of amides is 1. The Morgan fingerprint density at radius 2 is 1.94 bits per heavy atom. The number of carboxylic acids is 1. The molecule has 0 aliphatic rings. The number of rotatable bonds is 8. The van der Waals surface area contributed by atoms with Crippen LogP contribution in [0.2, 0.25) is 0 Å². The molecule has 0 bridgehead atoms. The first-order valence-corrected chi connectivity index (χ1v) is 5.24. The maximum absolute atomic E-state index is 11.3. The van der Waals surface area contributed by atoms with Crippen molar-refractivity contribution in [2.24, 2.45) is 0 Å². The molecule has 0 aliphatic carbocycles. The number of ether oxygens (including phenoxy) is 1. The second kappa shape index (κ2) is 8.51. The van der Waals surface area contributed by atoms with Gasteiger partial charge in [-0.05, 0) is 13.5 Å². The molecule has 0 heterocycles. The van der Waals surface area contributed by atoms with Crippen molar-refractivity contribution < 1.29 is 24.2 Å². The van der Waals surface area contributed by atoms with Crippen LogP contribution >= 0.6 is 0 Å². The minimum atomic E-state index is -1.16. The van der Waals surface area contributed by atoms with Gasteiger partial charge in [0.25, 0.3) is 0 Å². The molecule has 0 fully saturated rings. The largest absolute Gasteiger partial charge is 0.480 e. The van der Waals surface area contributed by atoms with Gasteiger partial charge in [-0.25, -0.2) is 4.79 Å². The van der Waals surface area contributed by atoms with Crippen LogP contribution in [0.15, 0.2) is 0 Å². The molecule has 7 heteroatoms. The van der Waals surface area contributed by atoms with Gasteiger partial charge in [-0.3, -0.25) is 9.59 Å². The Bertz CT molecular complexity index is 280. The zero-order chi connectivity index (χ0) is 13.3. The molecule has 98 valence electrons. The molecule has 0 aromatic carbocycles. The van der Waals surface area contributed by atoms with E-state index in [1.54, 1.807) is 7.05 Å². The lowest BCUT2D eigenvalue weighted by molar-refractivity contribution is -0.144. The zero-order valence-corrected chi connectivity index (χ0v) is 9.99. The molecule has 0 rings (SSSR count). The van der Waals surface area contributed by atoms with E-state index in [9.17, 15) is 14.4 Å². The van der Waals surface area contributed by atoms with Gasteiger partial charge in [-0.2, -0.15) is 0 Å². The molecule has 0 saturated carbocycles. The molecule has 1 atom stereocenters. The first-order valence-electron chi connectivity index (χ1n) is 5.24. The summed E-state index contributed by atoms with van der Waals surface area (Å²) in [7, 11) is 2.92. The zero-order valence-electron chi connectivity index (χ0n) is 9.99. The number of aliphatic carboxylic acids is 1. The fraction of sp³-hybridized carbons (Fsp3) is 0.700. The third kappa shape index (κ3) is 7.29. The van der Waals surface area contributed by atoms with E-state index in [1.807, 2.05) is 0 Å². The number of methoxy groups -OCH3 is 1. The molecule has 3 N–H and O–H groups in total. The Labute approximate surface area is 99.5 Å². The molecule has 0 aromatic rings. The molecule has 0 spiro atoms. The van der Waals surface area contributed by atoms with E-state index >= 15 is 0 Å². The summed E-state index contributed by atoms with van der Waals surface area (Å²) in [5.41, 5.74) is 0. The van der Waals surface area contributed by atoms with Crippen LogP contribution in [0.3, 0.4) is 0 Å². The summed E-state index contributed by atoms with van der Waals surface area (Å²) in [5, 5.41) is 14.0. The number of carbonyl (C=O) groups is 3. The highest BCUT2D eigenvalue weighted by molar-refractivity contribution is 5.84. The smallest absolute Gasteiger partial charge is 0.326 e. The average molecular weight is 246 g/mol. The Hall–Kier alpha value is -1.63. The van der Waals surface area contributed by atoms with E-state index in [1.165, 1.54) is 7.11 Å². The monoisotopic (exact) mass is 246 g/mol. The first kappa shape index (κ1) is 15.4. The maximum atomic E-state index is 11.3. The highest BCUT2D eigenvalue weighted by Crippen LogP contribution is 2.00. The molecule has 1 amide bonds. The van der Waals surface area contributed by atoms with Gasteiger partial charge >= 0.3 is 11.9 Å². The summed E-state index contributed by atoms with van der Waals surface area (Å²) < 4.78 is 4.40. The van der Waals surface area contributed by atoms with Gasteiger partial charge in [0, 0.05) is 19.4 Å². The van der Waals surface area contributed by atoms with E-state index in [0.29, 0.717) is 6.54 Å². The van der Waals surface area contributed by atoms with Crippen LogP contribution in [0.25, 0.3) is 0 Å². The van der Waals surface area contributed by atoms with E-state index in [0.717, 1.165) is 0 Å². The van der Waals surface area contributed by atoms with Crippen LogP contribution in [0.4, 0.5) is 0 Å². The average Bonchev–Trinajstić information content (AvgIpc) is 2.30. The van der Waals surface area contributed by atoms with E-state index in [2.05, 4.69) is 15.4 Å². The Balaban J connectivity index is 4.10. The number of carbonyl (C=O) groups excluding carboxylic acids is 2. The standard InChI is InChI=1S/C10H18N2O5/c1-11-6-5-8(13)12-7(10(15)16)3-4-9(14)17-2/h7,11H,3-6H2,1-2H3,(H,12,13)(H,15,16). The highest BCUT2D eigenvalue weighted by Gasteiger charge is 2.20. The third-order valence-corrected chi connectivity index (χ3v) is 2.10. The van der Waals surface area contributed by atoms with Gasteiger partial charge in [-0.15, -0.1) is 0 Å². The minimum absolute atomic E-state index is 0.0211. The molecule has 0 saturated heterocycles. The summed E-state index contributed by atoms with van der Waals surface area (Å²) in [6.07, 6.45) is 0.172. The van der Waals surface area contributed by atoms with Crippen molar-refractivity contribution in [1.82, 2.24) is 10.6 Å². The highest BCUT2D eigenvalue weighted by atomic mass is 16.5. The molecular formula is C10H18N2O5. The van der Waals surface area contributed by atoms with Crippen molar-refractivity contribution in [3.63, 3.8) is 0 Å². The van der Waals surface area contributed by atoms with E-state index in [-0.39, 0.29) is 25.2 Å². The van der Waals surface area contributed by atoms with Crippen LogP contribution in [0.5, 0.6) is 0 Å². The van der Waals surface area contributed by atoms with E-state index < -0.39 is 18.0 Å². The number of hydrogen-bond donors (Lipinski definition) is 3. The predicted octanol–water partition coefficient (Wildman–Crippen LogP) is -0.881. The summed E-state index contributed by atoms with van der Waals surface area (Å²) in [4.78, 5) is 33.0. The van der Waals surface area contributed by atoms with Crippen LogP contribution in [-0.2, 0) is 19.1 Å². The lowest BCUT2D eigenvalue weighted by Crippen LogP contribution is -2.41. The number of hydrogen-bond acceptors (Lipinski definition) is 5. The molecule has 1 unspecified atom stereocenters. The lowest BCUT2D eigenvalue weighted by atomic mass is 10.1. The normalized spacial score (nSPS) is 11.6. The Kier molecular flexibility index (Phi) is 7.70. The topological polar surface area (TPSA) is 105 Å². The summed E-state index contributed by atoms with van der Waals surface area (Å²) >= 11 is 0. The van der Waals surface area contributed by atoms with Gasteiger partial charge in [0.1, 0.15) is 6.04 Å². The van der Waals surface area contributed by atoms with Gasteiger partial charge in [0.05, 0.1) is 7.11 Å². The number of nitrogens with one attached hydrogen (secondary N) is 2. The molecular weight excluding hydrogens is 228 g/mol. The quantitative estimate of drug-likeness (QED) is 0.480. The second-order valence-electron chi connectivity index (χ2n) is 3.43. The van der Waals surface area contributed by atoms with Crippen molar-refractivity contribution in [1.29, 1.82) is 0 Å². The first-order chi connectivity index (χ1) is 8.01. The molecule has 17 heavy (non-hydrogen) atoms. The van der Waals surface area contributed by atoms with Gasteiger partial charge in [0.15, 0.2) is 0 Å². The van der Waals surface area contributed by atoms with Crippen molar-refractivity contribution >= 4 is 17.8 Å². The predicted molar refractivity (Wildman–Crippen MR) is 59.4 cm³/mol. The molecule has 7 nitrogen and oxygen atoms in total. The van der Waals surface area contributed by atoms with Gasteiger partial charge < -0.3 is 20.5 Å². The molecule has 0 radical (unpaired) electrons. The van der Waals surface area contributed by atoms with Crippen molar-refractivity contribution in [3.8, 4) is 0 Å². The van der Waals surface area contributed by atoms with Crippen LogP contribution in [-0.4, -0.2) is 49.7 Å². The Morgan fingerprint density at radius 3 is 2.41 bits per heavy atom. The Morgan fingerprint density at radius 1 is 1.29 bits per heavy atom. The summed E-state index contributed by atoms with van der Waals surface area (Å²) in [6, 6.07) is -1.06. The minimum Gasteiger partial charge on any atom is -0.480 e. The lowest BCUT2D eigenvalue weighted by Gasteiger charge is -2.13. The summed E-state index contributed by atoms with van der Waals surface area (Å²) in [5.74, 6) is -2.02. The van der Waals surface area contributed by atoms with Crippen molar-refractivity contribution in [2.75, 3.05) is 20.7 Å². The fourth-order valence-corrected chi connectivity index (χ4v) is 1.13. The van der Waals surface area contributed by atoms with Gasteiger partial charge in [-0.1, -0.05) is 0 Å².